The van der Waals surface area contributed by atoms with Crippen LogP contribution in [0.4, 0.5) is 0 Å². The molecule has 4 saturated carbocycles. The molecule has 7 nitrogen and oxygen atoms in total. The SMILES string of the molecule is O=C(NC12CC3CC(CC(C3)C1)C2)[C@H](Cc1ccccc1)NC(=O)[C@H]1N[C@@H]1C(=O)O. The molecule has 1 aromatic carbocycles. The van der Waals surface area contributed by atoms with Gasteiger partial charge in [-0.15, -0.1) is 0 Å². The number of amides is 2. The van der Waals surface area contributed by atoms with Gasteiger partial charge in [0.1, 0.15) is 18.1 Å². The molecule has 7 heteroatoms. The van der Waals surface area contributed by atoms with Gasteiger partial charge in [0.15, 0.2) is 0 Å². The van der Waals surface area contributed by atoms with E-state index in [9.17, 15) is 14.4 Å². The molecule has 0 unspecified atom stereocenters. The topological polar surface area (TPSA) is 117 Å². The zero-order valence-electron chi connectivity index (χ0n) is 17.0. The first-order valence-corrected chi connectivity index (χ1v) is 11.1. The van der Waals surface area contributed by atoms with Crippen molar-refractivity contribution in [2.45, 2.75) is 68.6 Å². The zero-order chi connectivity index (χ0) is 20.9. The lowest BCUT2D eigenvalue weighted by molar-refractivity contribution is -0.137. The summed E-state index contributed by atoms with van der Waals surface area (Å²) in [6.07, 6.45) is 7.40. The van der Waals surface area contributed by atoms with E-state index in [0.29, 0.717) is 24.2 Å². The Morgan fingerprint density at radius 3 is 2.13 bits per heavy atom. The van der Waals surface area contributed by atoms with Gasteiger partial charge in [0.25, 0.3) is 0 Å². The Balaban J connectivity index is 1.30. The number of rotatable bonds is 7. The predicted octanol–water partition coefficient (Wildman–Crippen LogP) is 1.22. The molecular weight excluding hydrogens is 382 g/mol. The van der Waals surface area contributed by atoms with E-state index in [4.69, 9.17) is 5.11 Å². The number of carboxylic acid groups (broad SMARTS) is 1. The molecule has 1 aromatic rings. The van der Waals surface area contributed by atoms with Crippen LogP contribution in [-0.2, 0) is 20.8 Å². The lowest BCUT2D eigenvalue weighted by Crippen LogP contribution is -2.63. The minimum atomic E-state index is -1.05. The van der Waals surface area contributed by atoms with Gasteiger partial charge >= 0.3 is 5.97 Å². The van der Waals surface area contributed by atoms with Crippen molar-refractivity contribution in [1.29, 1.82) is 0 Å². The molecule has 3 atom stereocenters. The minimum absolute atomic E-state index is 0.132. The van der Waals surface area contributed by atoms with E-state index in [-0.39, 0.29) is 11.4 Å². The van der Waals surface area contributed by atoms with Crippen LogP contribution in [0.5, 0.6) is 0 Å². The third kappa shape index (κ3) is 3.83. The van der Waals surface area contributed by atoms with E-state index in [1.54, 1.807) is 0 Å². The number of benzene rings is 1. The highest BCUT2D eigenvalue weighted by atomic mass is 16.4. The first-order valence-electron chi connectivity index (χ1n) is 11.1. The van der Waals surface area contributed by atoms with Crippen molar-refractivity contribution in [2.75, 3.05) is 0 Å². The van der Waals surface area contributed by atoms with E-state index in [1.807, 2.05) is 30.3 Å². The molecule has 5 fully saturated rings. The molecule has 0 spiro atoms. The van der Waals surface area contributed by atoms with Crippen LogP contribution in [-0.4, -0.2) is 46.6 Å². The van der Waals surface area contributed by atoms with Gasteiger partial charge in [0, 0.05) is 12.0 Å². The summed E-state index contributed by atoms with van der Waals surface area (Å²) in [6, 6.07) is 7.26. The van der Waals surface area contributed by atoms with Crippen molar-refractivity contribution in [3.8, 4) is 0 Å². The highest BCUT2D eigenvalue weighted by Crippen LogP contribution is 2.55. The summed E-state index contributed by atoms with van der Waals surface area (Å²) in [7, 11) is 0. The summed E-state index contributed by atoms with van der Waals surface area (Å²) in [5.74, 6) is 0.514. The predicted molar refractivity (Wildman–Crippen MR) is 109 cm³/mol. The highest BCUT2D eigenvalue weighted by molar-refractivity contribution is 5.97. The van der Waals surface area contributed by atoms with Gasteiger partial charge in [-0.3, -0.25) is 19.7 Å². The van der Waals surface area contributed by atoms with Gasteiger partial charge < -0.3 is 15.7 Å². The van der Waals surface area contributed by atoms with Crippen molar-refractivity contribution in [3.05, 3.63) is 35.9 Å². The lowest BCUT2D eigenvalue weighted by atomic mass is 9.53. The second-order valence-electron chi connectivity index (χ2n) is 9.90. The van der Waals surface area contributed by atoms with Crippen molar-refractivity contribution in [2.24, 2.45) is 17.8 Å². The minimum Gasteiger partial charge on any atom is -0.480 e. The fourth-order valence-corrected chi connectivity index (χ4v) is 6.51. The molecule has 30 heavy (non-hydrogen) atoms. The van der Waals surface area contributed by atoms with E-state index < -0.39 is 30.0 Å². The van der Waals surface area contributed by atoms with Crippen LogP contribution < -0.4 is 16.0 Å². The van der Waals surface area contributed by atoms with Crippen LogP contribution in [0.25, 0.3) is 0 Å². The molecule has 4 aliphatic carbocycles. The molecule has 1 aliphatic heterocycles. The van der Waals surface area contributed by atoms with Crippen LogP contribution >= 0.6 is 0 Å². The molecule has 0 radical (unpaired) electrons. The first kappa shape index (κ1) is 19.5. The van der Waals surface area contributed by atoms with Crippen molar-refractivity contribution >= 4 is 17.8 Å². The van der Waals surface area contributed by atoms with Crippen LogP contribution in [0.2, 0.25) is 0 Å². The van der Waals surface area contributed by atoms with Crippen LogP contribution in [0.3, 0.4) is 0 Å². The lowest BCUT2D eigenvalue weighted by Gasteiger charge is -2.57. The normalized spacial score (nSPS) is 36.7. The van der Waals surface area contributed by atoms with Gasteiger partial charge in [-0.1, -0.05) is 30.3 Å². The summed E-state index contributed by atoms with van der Waals surface area (Å²) in [5, 5.41) is 17.9. The van der Waals surface area contributed by atoms with Crippen LogP contribution in [0.15, 0.2) is 30.3 Å². The van der Waals surface area contributed by atoms with Gasteiger partial charge in [0.05, 0.1) is 0 Å². The molecule has 6 rings (SSSR count). The molecule has 160 valence electrons. The summed E-state index contributed by atoms with van der Waals surface area (Å²) >= 11 is 0. The maximum absolute atomic E-state index is 13.4. The van der Waals surface area contributed by atoms with Gasteiger partial charge in [0.2, 0.25) is 11.8 Å². The largest absolute Gasteiger partial charge is 0.480 e. The highest BCUT2D eigenvalue weighted by Gasteiger charge is 2.52. The fraction of sp³-hybridized carbons (Fsp3) is 0.609. The number of carbonyl (C=O) groups excluding carboxylic acids is 2. The number of hydrogen-bond acceptors (Lipinski definition) is 4. The number of hydrogen-bond donors (Lipinski definition) is 4. The zero-order valence-corrected chi connectivity index (χ0v) is 17.0. The third-order valence-electron chi connectivity index (χ3n) is 7.47. The molecule has 1 saturated heterocycles. The second kappa shape index (κ2) is 7.38. The smallest absolute Gasteiger partial charge is 0.322 e. The Morgan fingerprint density at radius 1 is 1.00 bits per heavy atom. The van der Waals surface area contributed by atoms with E-state index in [1.165, 1.54) is 19.3 Å². The van der Waals surface area contributed by atoms with Crippen LogP contribution in [0.1, 0.15) is 44.1 Å². The summed E-state index contributed by atoms with van der Waals surface area (Å²) in [5.41, 5.74) is 0.828. The van der Waals surface area contributed by atoms with E-state index >= 15 is 0 Å². The van der Waals surface area contributed by atoms with Gasteiger partial charge in [-0.2, -0.15) is 0 Å². The maximum atomic E-state index is 13.4. The second-order valence-corrected chi connectivity index (χ2v) is 9.90. The number of carboxylic acids is 1. The summed E-state index contributed by atoms with van der Waals surface area (Å²) in [6.45, 7) is 0. The molecule has 4 N–H and O–H groups in total. The Labute approximate surface area is 176 Å². The van der Waals surface area contributed by atoms with Gasteiger partial charge in [-0.25, -0.2) is 0 Å². The van der Waals surface area contributed by atoms with Crippen molar-refractivity contribution < 1.29 is 19.5 Å². The quantitative estimate of drug-likeness (QED) is 0.504. The Kier molecular flexibility index (Phi) is 4.81. The summed E-state index contributed by atoms with van der Waals surface area (Å²) in [4.78, 5) is 37.0. The van der Waals surface area contributed by atoms with E-state index in [2.05, 4.69) is 16.0 Å². The average Bonchev–Trinajstić information content (AvgIpc) is 3.48. The molecule has 1 heterocycles. The third-order valence-corrected chi connectivity index (χ3v) is 7.47. The fourth-order valence-electron chi connectivity index (χ4n) is 6.51. The van der Waals surface area contributed by atoms with Crippen molar-refractivity contribution in [3.63, 3.8) is 0 Å². The molecule has 4 bridgehead atoms. The first-order chi connectivity index (χ1) is 14.4. The molecule has 0 aromatic heterocycles. The number of nitrogens with one attached hydrogen (secondary N) is 3. The van der Waals surface area contributed by atoms with Crippen molar-refractivity contribution in [1.82, 2.24) is 16.0 Å². The molecule has 5 aliphatic rings. The van der Waals surface area contributed by atoms with E-state index in [0.717, 1.165) is 24.8 Å². The Hall–Kier alpha value is -2.41. The average molecular weight is 412 g/mol. The molecule has 2 amide bonds. The van der Waals surface area contributed by atoms with Crippen LogP contribution in [0, 0.1) is 17.8 Å². The monoisotopic (exact) mass is 411 g/mol. The number of aliphatic carboxylic acids is 1. The number of carbonyl (C=O) groups is 3. The maximum Gasteiger partial charge on any atom is 0.322 e. The Morgan fingerprint density at radius 2 is 1.60 bits per heavy atom. The standard InChI is InChI=1S/C23H29N3O4/c27-20(26-23-10-14-6-15(11-23)8-16(7-14)12-23)17(9-13-4-2-1-3-5-13)24-21(28)18-19(25-18)22(29)30/h1-5,14-19,25H,6-12H2,(H,24,28)(H,26,27)(H,29,30)/t14?,15?,16?,17-,18-,19-,23?/m0/s1. The van der Waals surface area contributed by atoms with Gasteiger partial charge in [-0.05, 0) is 61.8 Å². The Bertz CT molecular complexity index is 820. The summed E-state index contributed by atoms with van der Waals surface area (Å²) < 4.78 is 0. The molecular formula is C23H29N3O4.